The predicted molar refractivity (Wildman–Crippen MR) is 104 cm³/mol. The van der Waals surface area contributed by atoms with Crippen LogP contribution in [0.15, 0.2) is 53.5 Å². The number of aliphatic imine (C=N–C) groups is 1. The largest absolute Gasteiger partial charge is 0.494 e. The molecule has 26 heavy (non-hydrogen) atoms. The lowest BCUT2D eigenvalue weighted by Gasteiger charge is -2.14. The number of anilines is 2. The minimum absolute atomic E-state index is 0.0944. The molecule has 4 N–H and O–H groups in total. The molecule has 7 heteroatoms. The molecule has 0 aliphatic heterocycles. The van der Waals surface area contributed by atoms with Crippen LogP contribution in [0, 0.1) is 0 Å². The van der Waals surface area contributed by atoms with Crippen molar-refractivity contribution >= 4 is 23.2 Å². The number of hydrogen-bond acceptors (Lipinski definition) is 4. The lowest BCUT2D eigenvalue weighted by Crippen LogP contribution is -2.25. The van der Waals surface area contributed by atoms with Crippen LogP contribution in [0.25, 0.3) is 0 Å². The first-order valence-electron chi connectivity index (χ1n) is 8.43. The van der Waals surface area contributed by atoms with Crippen molar-refractivity contribution in [2.45, 2.75) is 13.8 Å². The Kier molecular flexibility index (Phi) is 7.30. The Labute approximate surface area is 153 Å². The molecule has 0 spiro atoms. The average Bonchev–Trinajstić information content (AvgIpc) is 2.63. The van der Waals surface area contributed by atoms with Crippen molar-refractivity contribution in [2.24, 2.45) is 10.7 Å². The molecule has 0 saturated carbocycles. The summed E-state index contributed by atoms with van der Waals surface area (Å²) in [5.74, 6) is 1.17. The van der Waals surface area contributed by atoms with Crippen LogP contribution >= 0.6 is 0 Å². The maximum atomic E-state index is 11.9. The van der Waals surface area contributed by atoms with Crippen molar-refractivity contribution in [3.8, 4) is 11.5 Å². The highest BCUT2D eigenvalue weighted by Gasteiger charge is 2.08. The van der Waals surface area contributed by atoms with E-state index in [2.05, 4.69) is 15.6 Å². The number of nitrogens with two attached hydrogens (primary N) is 1. The van der Waals surface area contributed by atoms with E-state index in [-0.39, 0.29) is 18.4 Å². The Balaban J connectivity index is 2.00. The number of guanidine groups is 1. The number of rotatable bonds is 8. The molecule has 0 aliphatic rings. The van der Waals surface area contributed by atoms with Crippen molar-refractivity contribution in [1.82, 2.24) is 0 Å². The summed E-state index contributed by atoms with van der Waals surface area (Å²) in [4.78, 5) is 16.0. The Morgan fingerprint density at radius 3 is 2.46 bits per heavy atom. The minimum Gasteiger partial charge on any atom is -0.494 e. The van der Waals surface area contributed by atoms with E-state index in [4.69, 9.17) is 15.2 Å². The number of nitrogens with zero attached hydrogens (tertiary/aromatic N) is 1. The van der Waals surface area contributed by atoms with Gasteiger partial charge in [-0.1, -0.05) is 18.2 Å². The average molecular weight is 356 g/mol. The monoisotopic (exact) mass is 356 g/mol. The number of para-hydroxylation sites is 1. The van der Waals surface area contributed by atoms with Gasteiger partial charge in [0.05, 0.1) is 18.9 Å². The van der Waals surface area contributed by atoms with Crippen LogP contribution in [0.4, 0.5) is 11.4 Å². The number of carbonyl (C=O) groups excluding carboxylic acids is 1. The summed E-state index contributed by atoms with van der Waals surface area (Å²) in [6.45, 7) is 4.77. The smallest absolute Gasteiger partial charge is 0.246 e. The molecule has 0 fully saturated rings. The van der Waals surface area contributed by atoms with E-state index in [1.807, 2.05) is 38.1 Å². The van der Waals surface area contributed by atoms with Gasteiger partial charge in [-0.15, -0.1) is 0 Å². The topological polar surface area (TPSA) is 98.0 Å². The van der Waals surface area contributed by atoms with E-state index in [1.165, 1.54) is 0 Å². The Bertz CT molecular complexity index is 748. The minimum atomic E-state index is -0.256. The molecular formula is C19H24N4O3. The highest BCUT2D eigenvalue weighted by atomic mass is 16.5. The molecule has 0 aliphatic carbocycles. The molecule has 2 rings (SSSR count). The highest BCUT2D eigenvalue weighted by Crippen LogP contribution is 2.29. The van der Waals surface area contributed by atoms with Crippen LogP contribution in [-0.2, 0) is 4.79 Å². The molecule has 0 heterocycles. The molecule has 2 aromatic rings. The Morgan fingerprint density at radius 2 is 1.77 bits per heavy atom. The van der Waals surface area contributed by atoms with Gasteiger partial charge in [0.15, 0.2) is 5.96 Å². The zero-order valence-electron chi connectivity index (χ0n) is 15.0. The molecule has 0 bridgehead atoms. The molecule has 0 unspecified atom stereocenters. The van der Waals surface area contributed by atoms with Gasteiger partial charge in [-0.25, -0.2) is 4.99 Å². The number of carbonyl (C=O) groups is 1. The number of hydrogen-bond donors (Lipinski definition) is 3. The standard InChI is InChI=1S/C19H24N4O3/c1-3-25-15-10-11-17(26-4-2)16(12-15)23-19(20)21-13-18(24)22-14-8-6-5-7-9-14/h5-12H,3-4,13H2,1-2H3,(H,22,24)(H3,20,21,23). The molecule has 0 aromatic heterocycles. The summed E-state index contributed by atoms with van der Waals surface area (Å²) in [7, 11) is 0. The third kappa shape index (κ3) is 6.01. The summed E-state index contributed by atoms with van der Waals surface area (Å²) in [6.07, 6.45) is 0. The van der Waals surface area contributed by atoms with E-state index in [0.29, 0.717) is 36.1 Å². The van der Waals surface area contributed by atoms with Crippen LogP contribution in [0.2, 0.25) is 0 Å². The van der Waals surface area contributed by atoms with Crippen LogP contribution < -0.4 is 25.8 Å². The van der Waals surface area contributed by atoms with Gasteiger partial charge in [-0.2, -0.15) is 0 Å². The van der Waals surface area contributed by atoms with E-state index in [0.717, 1.165) is 0 Å². The van der Waals surface area contributed by atoms with Crippen molar-refractivity contribution < 1.29 is 14.3 Å². The molecule has 1 amide bonds. The first-order chi connectivity index (χ1) is 12.6. The summed E-state index contributed by atoms with van der Waals surface area (Å²) < 4.78 is 11.1. The Morgan fingerprint density at radius 1 is 1.04 bits per heavy atom. The fraction of sp³-hybridized carbons (Fsp3) is 0.263. The van der Waals surface area contributed by atoms with Crippen molar-refractivity contribution in [2.75, 3.05) is 30.4 Å². The van der Waals surface area contributed by atoms with Gasteiger partial charge in [-0.05, 0) is 38.1 Å². The van der Waals surface area contributed by atoms with Crippen molar-refractivity contribution in [3.63, 3.8) is 0 Å². The normalized spacial score (nSPS) is 10.9. The van der Waals surface area contributed by atoms with Crippen LogP contribution in [0.1, 0.15) is 13.8 Å². The van der Waals surface area contributed by atoms with Gasteiger partial charge in [-0.3, -0.25) is 4.79 Å². The van der Waals surface area contributed by atoms with Crippen molar-refractivity contribution in [3.05, 3.63) is 48.5 Å². The molecule has 0 saturated heterocycles. The van der Waals surface area contributed by atoms with Gasteiger partial charge in [0.25, 0.3) is 0 Å². The van der Waals surface area contributed by atoms with Crippen LogP contribution in [-0.4, -0.2) is 31.6 Å². The number of ether oxygens (including phenoxy) is 2. The van der Waals surface area contributed by atoms with Gasteiger partial charge >= 0.3 is 0 Å². The molecule has 0 radical (unpaired) electrons. The number of amides is 1. The van der Waals surface area contributed by atoms with Gasteiger partial charge < -0.3 is 25.8 Å². The molecule has 0 atom stereocenters. The van der Waals surface area contributed by atoms with Crippen LogP contribution in [0.5, 0.6) is 11.5 Å². The highest BCUT2D eigenvalue weighted by molar-refractivity contribution is 5.97. The Hall–Kier alpha value is -3.22. The lowest BCUT2D eigenvalue weighted by molar-refractivity contribution is -0.114. The second-order valence-corrected chi connectivity index (χ2v) is 5.26. The molecular weight excluding hydrogens is 332 g/mol. The lowest BCUT2D eigenvalue weighted by atomic mass is 10.2. The zero-order valence-corrected chi connectivity index (χ0v) is 15.0. The summed E-state index contributed by atoms with van der Waals surface area (Å²) in [5, 5.41) is 5.70. The van der Waals surface area contributed by atoms with E-state index >= 15 is 0 Å². The second-order valence-electron chi connectivity index (χ2n) is 5.26. The van der Waals surface area contributed by atoms with Crippen molar-refractivity contribution in [1.29, 1.82) is 0 Å². The van der Waals surface area contributed by atoms with E-state index in [9.17, 15) is 4.79 Å². The molecule has 138 valence electrons. The quantitative estimate of drug-likeness (QED) is 0.499. The van der Waals surface area contributed by atoms with Gasteiger partial charge in [0, 0.05) is 11.8 Å². The number of nitrogens with one attached hydrogen (secondary N) is 2. The predicted octanol–water partition coefficient (Wildman–Crippen LogP) is 2.85. The maximum Gasteiger partial charge on any atom is 0.246 e. The summed E-state index contributed by atoms with van der Waals surface area (Å²) in [5.41, 5.74) is 7.24. The van der Waals surface area contributed by atoms with Crippen LogP contribution in [0.3, 0.4) is 0 Å². The first kappa shape index (κ1) is 19.1. The fourth-order valence-electron chi connectivity index (χ4n) is 2.20. The third-order valence-electron chi connectivity index (χ3n) is 3.28. The van der Waals surface area contributed by atoms with Gasteiger partial charge in [0.1, 0.15) is 18.0 Å². The fourth-order valence-corrected chi connectivity index (χ4v) is 2.20. The third-order valence-corrected chi connectivity index (χ3v) is 3.28. The molecule has 2 aromatic carbocycles. The second kappa shape index (κ2) is 9.93. The molecule has 7 nitrogen and oxygen atoms in total. The first-order valence-corrected chi connectivity index (χ1v) is 8.43. The number of benzene rings is 2. The zero-order chi connectivity index (χ0) is 18.8. The summed E-state index contributed by atoms with van der Waals surface area (Å²) >= 11 is 0. The van der Waals surface area contributed by atoms with Gasteiger partial charge in [0.2, 0.25) is 5.91 Å². The van der Waals surface area contributed by atoms with E-state index in [1.54, 1.807) is 24.3 Å². The maximum absolute atomic E-state index is 11.9. The summed E-state index contributed by atoms with van der Waals surface area (Å²) in [6, 6.07) is 14.6. The SMILES string of the molecule is CCOc1ccc(OCC)c(NC(N)=NCC(=O)Nc2ccccc2)c1. The van der Waals surface area contributed by atoms with E-state index < -0.39 is 0 Å².